The molecule has 1 aliphatic rings. The summed E-state index contributed by atoms with van der Waals surface area (Å²) in [7, 11) is 4.65. The number of piperazine rings is 1. The van der Waals surface area contributed by atoms with Gasteiger partial charge in [-0.2, -0.15) is 13.2 Å². The molecule has 0 aliphatic carbocycles. The van der Waals surface area contributed by atoms with Crippen molar-refractivity contribution in [2.45, 2.75) is 19.3 Å². The van der Waals surface area contributed by atoms with E-state index < -0.39 is 23.7 Å². The summed E-state index contributed by atoms with van der Waals surface area (Å²) >= 11 is 0. The van der Waals surface area contributed by atoms with Crippen LogP contribution < -0.4 is 20.7 Å². The van der Waals surface area contributed by atoms with Gasteiger partial charge in [0.25, 0.3) is 5.91 Å². The van der Waals surface area contributed by atoms with Crippen molar-refractivity contribution >= 4 is 29.2 Å². The number of nitrogens with zero attached hydrogens (tertiary/aromatic N) is 4. The Bertz CT molecular complexity index is 1400. The predicted octanol–water partition coefficient (Wildman–Crippen LogP) is 4.29. The van der Waals surface area contributed by atoms with E-state index in [9.17, 15) is 22.8 Å². The monoisotopic (exact) mass is 587 g/mol. The zero-order valence-electron chi connectivity index (χ0n) is 23.4. The van der Waals surface area contributed by atoms with Crippen LogP contribution in [0.1, 0.15) is 27.2 Å². The van der Waals surface area contributed by atoms with Crippen LogP contribution in [0, 0.1) is 0 Å². The van der Waals surface area contributed by atoms with Crippen molar-refractivity contribution in [2.24, 2.45) is 0 Å². The van der Waals surface area contributed by atoms with Crippen molar-refractivity contribution in [3.8, 4) is 5.75 Å². The number of amides is 2. The number of methoxy groups -OCH3 is 2. The lowest BCUT2D eigenvalue weighted by molar-refractivity contribution is -0.138. The molecule has 42 heavy (non-hydrogen) atoms. The van der Waals surface area contributed by atoms with Crippen molar-refractivity contribution in [3.63, 3.8) is 0 Å². The summed E-state index contributed by atoms with van der Waals surface area (Å²) in [6.45, 7) is 3.36. The van der Waals surface area contributed by atoms with Crippen LogP contribution in [0.15, 0.2) is 48.8 Å². The lowest BCUT2D eigenvalue weighted by Gasteiger charge is -2.33. The number of likely N-dealkylation sites (N-methyl/N-ethyl adjacent to an activating group) is 1. The molecule has 0 saturated carbocycles. The molecule has 1 aromatic heterocycles. The lowest BCUT2D eigenvalue weighted by Crippen LogP contribution is -2.44. The Morgan fingerprint density at radius 1 is 0.952 bits per heavy atom. The van der Waals surface area contributed by atoms with Crippen LogP contribution in [-0.2, 0) is 24.0 Å². The number of ether oxygens (including phenoxy) is 2. The Morgan fingerprint density at radius 2 is 1.71 bits per heavy atom. The lowest BCUT2D eigenvalue weighted by atomic mass is 10.0. The number of carbonyl (C=O) groups excluding carboxylic acids is 2. The van der Waals surface area contributed by atoms with Gasteiger partial charge in [0.05, 0.1) is 44.4 Å². The van der Waals surface area contributed by atoms with Crippen LogP contribution in [-0.4, -0.2) is 79.2 Å². The van der Waals surface area contributed by atoms with Gasteiger partial charge in [-0.05, 0) is 36.9 Å². The van der Waals surface area contributed by atoms with Gasteiger partial charge in [-0.25, -0.2) is 9.78 Å². The van der Waals surface area contributed by atoms with Crippen LogP contribution in [0.5, 0.6) is 5.75 Å². The molecule has 2 heterocycles. The average Bonchev–Trinajstić information content (AvgIpc) is 2.97. The number of hydrogen-bond donors (Lipinski definition) is 3. The molecule has 11 nitrogen and oxygen atoms in total. The molecule has 1 fully saturated rings. The van der Waals surface area contributed by atoms with E-state index in [4.69, 9.17) is 4.74 Å². The summed E-state index contributed by atoms with van der Waals surface area (Å²) in [5, 5.41) is 8.09. The number of alkyl halides is 3. The summed E-state index contributed by atoms with van der Waals surface area (Å²) in [5.74, 6) is -0.0192. The first-order valence-electron chi connectivity index (χ1n) is 13.0. The number of carbonyl (C=O) groups is 2. The molecule has 1 aliphatic heterocycles. The molecule has 0 bridgehead atoms. The molecule has 4 rings (SSSR count). The Kier molecular flexibility index (Phi) is 9.80. The highest BCUT2D eigenvalue weighted by atomic mass is 19.4. The minimum absolute atomic E-state index is 0.0303. The van der Waals surface area contributed by atoms with Gasteiger partial charge in [-0.1, -0.05) is 6.07 Å². The van der Waals surface area contributed by atoms with Crippen molar-refractivity contribution < 1.29 is 32.2 Å². The second-order valence-electron chi connectivity index (χ2n) is 9.72. The molecule has 0 unspecified atom stereocenters. The zero-order chi connectivity index (χ0) is 30.3. The van der Waals surface area contributed by atoms with E-state index in [1.54, 1.807) is 12.1 Å². The summed E-state index contributed by atoms with van der Waals surface area (Å²) in [6.07, 6.45) is -2.43. The minimum atomic E-state index is -4.58. The summed E-state index contributed by atoms with van der Waals surface area (Å²) in [6, 6.07) is 8.56. The molecule has 2 amide bonds. The summed E-state index contributed by atoms with van der Waals surface area (Å²) < 4.78 is 51.8. The maximum atomic E-state index is 14.0. The number of nitrogens with one attached hydrogen (secondary N) is 3. The van der Waals surface area contributed by atoms with E-state index in [-0.39, 0.29) is 35.7 Å². The number of aromatic nitrogens is 2. The van der Waals surface area contributed by atoms with Gasteiger partial charge in [-0.3, -0.25) is 20.0 Å². The van der Waals surface area contributed by atoms with Gasteiger partial charge >= 0.3 is 12.3 Å². The first kappa shape index (κ1) is 30.5. The number of rotatable bonds is 9. The summed E-state index contributed by atoms with van der Waals surface area (Å²) in [5.41, 5.74) is 0.641. The number of benzene rings is 2. The van der Waals surface area contributed by atoms with Crippen LogP contribution in [0.2, 0.25) is 0 Å². The molecule has 1 saturated heterocycles. The molecule has 3 aromatic rings. The highest BCUT2D eigenvalue weighted by Gasteiger charge is 2.34. The Morgan fingerprint density at radius 3 is 2.36 bits per heavy atom. The number of hydrogen-bond acceptors (Lipinski definition) is 9. The van der Waals surface area contributed by atoms with Gasteiger partial charge in [0.1, 0.15) is 5.75 Å². The maximum Gasteiger partial charge on any atom is 0.416 e. The third kappa shape index (κ3) is 8.30. The highest BCUT2D eigenvalue weighted by Crippen LogP contribution is 2.35. The van der Waals surface area contributed by atoms with E-state index >= 15 is 0 Å². The smallest absolute Gasteiger partial charge is 0.416 e. The Balaban J connectivity index is 1.45. The van der Waals surface area contributed by atoms with E-state index in [0.717, 1.165) is 19.2 Å². The normalized spacial score (nSPS) is 14.2. The quantitative estimate of drug-likeness (QED) is 0.337. The van der Waals surface area contributed by atoms with Crippen molar-refractivity contribution in [3.05, 3.63) is 71.2 Å². The minimum Gasteiger partial charge on any atom is -0.497 e. The Labute approximate surface area is 241 Å². The fraction of sp³-hybridized carbons (Fsp3) is 0.357. The van der Waals surface area contributed by atoms with Crippen molar-refractivity contribution in [2.75, 3.05) is 63.4 Å². The van der Waals surface area contributed by atoms with Crippen LogP contribution in [0.4, 0.5) is 35.2 Å². The molecule has 3 N–H and O–H groups in total. The second-order valence-corrected chi connectivity index (χ2v) is 9.72. The van der Waals surface area contributed by atoms with Crippen molar-refractivity contribution in [1.82, 2.24) is 19.8 Å². The molecule has 14 heteroatoms. The van der Waals surface area contributed by atoms with Crippen LogP contribution in [0.25, 0.3) is 0 Å². The second kappa shape index (κ2) is 13.5. The fourth-order valence-electron chi connectivity index (χ4n) is 4.32. The molecular formula is C28H32F3N7O4. The van der Waals surface area contributed by atoms with Gasteiger partial charge in [-0.15, -0.1) is 0 Å². The Hall–Kier alpha value is -4.43. The molecular weight excluding hydrogens is 555 g/mol. The first-order chi connectivity index (χ1) is 20.0. The van der Waals surface area contributed by atoms with E-state index in [2.05, 4.69) is 35.6 Å². The molecule has 0 atom stereocenters. The van der Waals surface area contributed by atoms with Crippen LogP contribution in [0.3, 0.4) is 0 Å². The van der Waals surface area contributed by atoms with E-state index in [1.807, 2.05) is 11.9 Å². The van der Waals surface area contributed by atoms with Gasteiger partial charge in [0.2, 0.25) is 0 Å². The maximum absolute atomic E-state index is 14.0. The van der Waals surface area contributed by atoms with Gasteiger partial charge in [0.15, 0.2) is 5.82 Å². The molecule has 0 radical (unpaired) electrons. The predicted molar refractivity (Wildman–Crippen MR) is 151 cm³/mol. The first-order valence-corrected chi connectivity index (χ1v) is 13.0. The van der Waals surface area contributed by atoms with Crippen molar-refractivity contribution in [1.29, 1.82) is 0 Å². The molecule has 0 spiro atoms. The average molecular weight is 588 g/mol. The van der Waals surface area contributed by atoms with E-state index in [1.165, 1.54) is 44.8 Å². The summed E-state index contributed by atoms with van der Waals surface area (Å²) in [4.78, 5) is 36.8. The van der Waals surface area contributed by atoms with E-state index in [0.29, 0.717) is 30.2 Å². The number of anilines is 3. The third-order valence-corrected chi connectivity index (χ3v) is 6.66. The third-order valence-electron chi connectivity index (χ3n) is 6.66. The van der Waals surface area contributed by atoms with Gasteiger partial charge < -0.3 is 25.0 Å². The standard InChI is InChI=1S/C28H32F3N7O4/c1-37-6-8-38(9-7-37)17-18-4-5-20(13-24(18)28(29,30)31)35-26(39)19-10-21(12-23(11-19)41-2)32-14-22-15-34-25(16-33-22)36-27(40)42-3/h4-5,10-13,15-16,32H,6-9,14,17H2,1-3H3,(H,35,39)(H,34,36,40). The molecule has 224 valence electrons. The number of halogens is 3. The SMILES string of the molecule is COC(=O)Nc1cnc(CNc2cc(OC)cc(C(=O)Nc3ccc(CN4CCN(C)CC4)c(C(F)(F)F)c3)c2)cn1. The largest absolute Gasteiger partial charge is 0.497 e. The highest BCUT2D eigenvalue weighted by molar-refractivity contribution is 6.05. The topological polar surface area (TPSA) is 121 Å². The fourth-order valence-corrected chi connectivity index (χ4v) is 4.32. The zero-order valence-corrected chi connectivity index (χ0v) is 23.4. The molecule has 2 aromatic carbocycles. The van der Waals surface area contributed by atoms with Gasteiger partial charge in [0, 0.05) is 55.7 Å². The van der Waals surface area contributed by atoms with Crippen LogP contribution >= 0.6 is 0 Å².